The minimum atomic E-state index is -0.0742. The van der Waals surface area contributed by atoms with Gasteiger partial charge in [0.25, 0.3) is 5.89 Å². The molecule has 1 saturated heterocycles. The van der Waals surface area contributed by atoms with Crippen LogP contribution in [0.4, 0.5) is 5.69 Å². The van der Waals surface area contributed by atoms with Gasteiger partial charge in [0, 0.05) is 24.6 Å². The Morgan fingerprint density at radius 2 is 2.12 bits per heavy atom. The molecule has 0 radical (unpaired) electrons. The number of nitrogens with zero attached hydrogens (tertiary/aromatic N) is 3. The summed E-state index contributed by atoms with van der Waals surface area (Å²) in [6.07, 6.45) is 2.83. The Morgan fingerprint density at radius 1 is 1.25 bits per heavy atom. The van der Waals surface area contributed by atoms with Gasteiger partial charge in [-0.2, -0.15) is 4.98 Å². The van der Waals surface area contributed by atoms with Gasteiger partial charge in [-0.1, -0.05) is 30.3 Å². The monoisotopic (exact) mass is 323 g/mol. The first-order valence-electron chi connectivity index (χ1n) is 8.02. The van der Waals surface area contributed by atoms with Gasteiger partial charge in [0.15, 0.2) is 11.6 Å². The predicted molar refractivity (Wildman–Crippen MR) is 87.5 cm³/mol. The second-order valence-corrected chi connectivity index (χ2v) is 5.82. The van der Waals surface area contributed by atoms with E-state index < -0.39 is 0 Å². The molecule has 0 bridgehead atoms. The summed E-state index contributed by atoms with van der Waals surface area (Å²) in [5.41, 5.74) is 2.14. The van der Waals surface area contributed by atoms with Gasteiger partial charge in [-0.15, -0.1) is 0 Å². The molecule has 1 fully saturated rings. The maximum absolute atomic E-state index is 12.5. The Kier molecular flexibility index (Phi) is 3.65. The Morgan fingerprint density at radius 3 is 2.92 bits per heavy atom. The Balaban J connectivity index is 1.58. The SMILES string of the molecule is CCc1ccccc1N1CC(c2noc(-c3ccco3)n2)CC1=O. The molecular weight excluding hydrogens is 306 g/mol. The number of carbonyl (C=O) groups excluding carboxylic acids is 1. The first-order chi connectivity index (χ1) is 11.8. The summed E-state index contributed by atoms with van der Waals surface area (Å²) in [7, 11) is 0. The molecule has 1 aliphatic rings. The number of rotatable bonds is 4. The van der Waals surface area contributed by atoms with Crippen molar-refractivity contribution in [3.05, 3.63) is 54.0 Å². The van der Waals surface area contributed by atoms with Gasteiger partial charge in [-0.05, 0) is 30.2 Å². The van der Waals surface area contributed by atoms with Gasteiger partial charge in [-0.3, -0.25) is 4.79 Å². The van der Waals surface area contributed by atoms with Gasteiger partial charge in [-0.25, -0.2) is 0 Å². The van der Waals surface area contributed by atoms with Crippen LogP contribution < -0.4 is 4.90 Å². The zero-order valence-electron chi connectivity index (χ0n) is 13.3. The Labute approximate surface area is 139 Å². The highest BCUT2D eigenvalue weighted by molar-refractivity contribution is 5.97. The molecule has 4 rings (SSSR count). The molecule has 0 N–H and O–H groups in total. The highest BCUT2D eigenvalue weighted by Gasteiger charge is 2.35. The van der Waals surface area contributed by atoms with Crippen molar-refractivity contribution in [2.75, 3.05) is 11.4 Å². The third kappa shape index (κ3) is 2.50. The number of amides is 1. The zero-order chi connectivity index (χ0) is 16.5. The summed E-state index contributed by atoms with van der Waals surface area (Å²) >= 11 is 0. The van der Waals surface area contributed by atoms with Gasteiger partial charge in [0.2, 0.25) is 5.91 Å². The second kappa shape index (κ2) is 5.96. The lowest BCUT2D eigenvalue weighted by Gasteiger charge is -2.19. The predicted octanol–water partition coefficient (Wildman–Crippen LogP) is 3.41. The molecule has 1 amide bonds. The first kappa shape index (κ1) is 14.7. The largest absolute Gasteiger partial charge is 0.459 e. The third-order valence-corrected chi connectivity index (χ3v) is 4.33. The fourth-order valence-electron chi connectivity index (χ4n) is 3.09. The molecule has 1 atom stereocenters. The lowest BCUT2D eigenvalue weighted by molar-refractivity contribution is -0.117. The van der Waals surface area contributed by atoms with E-state index in [0.717, 1.165) is 17.7 Å². The number of carbonyl (C=O) groups is 1. The van der Waals surface area contributed by atoms with Crippen molar-refractivity contribution in [2.45, 2.75) is 25.7 Å². The third-order valence-electron chi connectivity index (χ3n) is 4.33. The first-order valence-corrected chi connectivity index (χ1v) is 8.02. The van der Waals surface area contributed by atoms with Crippen molar-refractivity contribution in [1.82, 2.24) is 10.1 Å². The van der Waals surface area contributed by atoms with Gasteiger partial charge in [0.05, 0.1) is 6.26 Å². The van der Waals surface area contributed by atoms with Crippen molar-refractivity contribution < 1.29 is 13.7 Å². The summed E-state index contributed by atoms with van der Waals surface area (Å²) in [6, 6.07) is 11.5. The molecule has 1 aromatic carbocycles. The zero-order valence-corrected chi connectivity index (χ0v) is 13.3. The molecular formula is C18H17N3O3. The van der Waals surface area contributed by atoms with Crippen LogP contribution in [0.2, 0.25) is 0 Å². The van der Waals surface area contributed by atoms with Crippen molar-refractivity contribution in [2.24, 2.45) is 0 Å². The maximum Gasteiger partial charge on any atom is 0.293 e. The van der Waals surface area contributed by atoms with E-state index in [1.165, 1.54) is 0 Å². The van der Waals surface area contributed by atoms with Crippen LogP contribution in [0.15, 0.2) is 51.6 Å². The number of para-hydroxylation sites is 1. The average molecular weight is 323 g/mol. The van der Waals surface area contributed by atoms with Crippen LogP contribution in [0.25, 0.3) is 11.7 Å². The summed E-state index contributed by atoms with van der Waals surface area (Å²) in [5, 5.41) is 4.03. The van der Waals surface area contributed by atoms with E-state index in [1.807, 2.05) is 23.1 Å². The van der Waals surface area contributed by atoms with Gasteiger partial charge in [0.1, 0.15) is 0 Å². The average Bonchev–Trinajstić information content (AvgIpc) is 3.34. The lowest BCUT2D eigenvalue weighted by Crippen LogP contribution is -2.25. The highest BCUT2D eigenvalue weighted by atomic mass is 16.5. The summed E-state index contributed by atoms with van der Waals surface area (Å²) in [5.74, 6) is 1.44. The van der Waals surface area contributed by atoms with Crippen LogP contribution >= 0.6 is 0 Å². The smallest absolute Gasteiger partial charge is 0.293 e. The van der Waals surface area contributed by atoms with E-state index in [1.54, 1.807) is 18.4 Å². The van der Waals surface area contributed by atoms with E-state index in [9.17, 15) is 4.79 Å². The van der Waals surface area contributed by atoms with Gasteiger partial charge < -0.3 is 13.8 Å². The van der Waals surface area contributed by atoms with Crippen LogP contribution in [0.3, 0.4) is 0 Å². The summed E-state index contributed by atoms with van der Waals surface area (Å²) < 4.78 is 10.5. The molecule has 3 heterocycles. The summed E-state index contributed by atoms with van der Waals surface area (Å²) in [6.45, 7) is 2.65. The lowest BCUT2D eigenvalue weighted by atomic mass is 10.1. The van der Waals surface area contributed by atoms with Crippen LogP contribution in [0.5, 0.6) is 0 Å². The fraction of sp³-hybridized carbons (Fsp3) is 0.278. The van der Waals surface area contributed by atoms with E-state index in [4.69, 9.17) is 8.94 Å². The number of hydrogen-bond donors (Lipinski definition) is 0. The van der Waals surface area contributed by atoms with Crippen molar-refractivity contribution >= 4 is 11.6 Å². The number of benzene rings is 1. The van der Waals surface area contributed by atoms with Crippen LogP contribution in [-0.2, 0) is 11.2 Å². The van der Waals surface area contributed by atoms with Gasteiger partial charge >= 0.3 is 0 Å². The maximum atomic E-state index is 12.5. The van der Waals surface area contributed by atoms with E-state index >= 15 is 0 Å². The van der Waals surface area contributed by atoms with Crippen LogP contribution in [-0.4, -0.2) is 22.6 Å². The molecule has 122 valence electrons. The second-order valence-electron chi connectivity index (χ2n) is 5.82. The number of aryl methyl sites for hydroxylation is 1. The van der Waals surface area contributed by atoms with E-state index in [-0.39, 0.29) is 11.8 Å². The topological polar surface area (TPSA) is 72.4 Å². The molecule has 6 nitrogen and oxygen atoms in total. The number of anilines is 1. The van der Waals surface area contributed by atoms with E-state index in [0.29, 0.717) is 30.4 Å². The Hall–Kier alpha value is -2.89. The quantitative estimate of drug-likeness (QED) is 0.735. The van der Waals surface area contributed by atoms with Crippen molar-refractivity contribution in [3.8, 4) is 11.7 Å². The highest BCUT2D eigenvalue weighted by Crippen LogP contribution is 2.33. The number of hydrogen-bond acceptors (Lipinski definition) is 5. The van der Waals surface area contributed by atoms with Crippen molar-refractivity contribution in [1.29, 1.82) is 0 Å². The Bertz CT molecular complexity index is 854. The molecule has 2 aromatic heterocycles. The molecule has 0 aliphatic carbocycles. The number of furan rings is 1. The fourth-order valence-corrected chi connectivity index (χ4v) is 3.09. The standard InChI is InChI=1S/C18H17N3O3/c1-2-12-6-3-4-7-14(12)21-11-13(10-16(21)22)17-19-18(24-20-17)15-8-5-9-23-15/h3-9,13H,2,10-11H2,1H3. The number of aromatic nitrogens is 2. The molecule has 1 unspecified atom stereocenters. The molecule has 24 heavy (non-hydrogen) atoms. The van der Waals surface area contributed by atoms with Crippen LogP contribution in [0.1, 0.15) is 30.7 Å². The van der Waals surface area contributed by atoms with Crippen molar-refractivity contribution in [3.63, 3.8) is 0 Å². The molecule has 1 aliphatic heterocycles. The van der Waals surface area contributed by atoms with E-state index in [2.05, 4.69) is 23.1 Å². The molecule has 6 heteroatoms. The normalized spacial score (nSPS) is 17.6. The summed E-state index contributed by atoms with van der Waals surface area (Å²) in [4.78, 5) is 18.7. The molecule has 3 aromatic rings. The van der Waals surface area contributed by atoms with Crippen LogP contribution in [0, 0.1) is 0 Å². The molecule has 0 saturated carbocycles. The minimum Gasteiger partial charge on any atom is -0.459 e. The minimum absolute atomic E-state index is 0.0742. The molecule has 0 spiro atoms.